The summed E-state index contributed by atoms with van der Waals surface area (Å²) >= 11 is 0. The highest BCUT2D eigenvalue weighted by Crippen LogP contribution is 2.19. The Hall–Kier alpha value is -1.80. The number of quaternary nitrogens is 1. The van der Waals surface area contributed by atoms with Crippen molar-refractivity contribution in [3.63, 3.8) is 0 Å². The van der Waals surface area contributed by atoms with Crippen LogP contribution in [0.2, 0.25) is 0 Å². The van der Waals surface area contributed by atoms with Crippen LogP contribution in [0.3, 0.4) is 0 Å². The van der Waals surface area contributed by atoms with Crippen molar-refractivity contribution >= 4 is 5.69 Å². The molecule has 0 saturated heterocycles. The van der Waals surface area contributed by atoms with Gasteiger partial charge in [0.05, 0.1) is 27.7 Å². The van der Waals surface area contributed by atoms with Gasteiger partial charge in [-0.05, 0) is 29.8 Å². The van der Waals surface area contributed by atoms with Crippen LogP contribution in [0.15, 0.2) is 54.6 Å². The van der Waals surface area contributed by atoms with Gasteiger partial charge in [-0.1, -0.05) is 30.3 Å². The zero-order chi connectivity index (χ0) is 13.7. The van der Waals surface area contributed by atoms with Crippen LogP contribution in [0.25, 0.3) is 0 Å². The van der Waals surface area contributed by atoms with E-state index in [9.17, 15) is 0 Å². The highest BCUT2D eigenvalue weighted by molar-refractivity contribution is 5.41. The third-order valence-electron chi connectivity index (χ3n) is 3.57. The lowest BCUT2D eigenvalue weighted by molar-refractivity contribution is 0.401. The largest absolute Gasteiger partial charge is 0.497 e. The van der Waals surface area contributed by atoms with E-state index < -0.39 is 0 Å². The Balaban J connectivity index is 2.01. The molecular formula is C17H22NO+. The second-order valence-corrected chi connectivity index (χ2v) is 5.34. The molecule has 2 nitrogen and oxygen atoms in total. The van der Waals surface area contributed by atoms with E-state index in [0.29, 0.717) is 0 Å². The molecule has 100 valence electrons. The summed E-state index contributed by atoms with van der Waals surface area (Å²) in [5.41, 5.74) is 2.69. The molecule has 2 rings (SSSR count). The fourth-order valence-electron chi connectivity index (χ4n) is 2.16. The molecule has 0 heterocycles. The van der Waals surface area contributed by atoms with Crippen LogP contribution in [0.5, 0.6) is 5.75 Å². The van der Waals surface area contributed by atoms with Crippen LogP contribution in [-0.4, -0.2) is 27.7 Å². The smallest absolute Gasteiger partial charge is 0.132 e. The predicted octanol–water partition coefficient (Wildman–Crippen LogP) is 3.50. The second kappa shape index (κ2) is 5.89. The number of rotatable bonds is 5. The van der Waals surface area contributed by atoms with Crippen molar-refractivity contribution in [2.24, 2.45) is 0 Å². The lowest BCUT2D eigenvalue weighted by Gasteiger charge is -2.29. The Morgan fingerprint density at radius 2 is 1.53 bits per heavy atom. The third-order valence-corrected chi connectivity index (χ3v) is 3.57. The number of hydrogen-bond donors (Lipinski definition) is 0. The molecule has 0 amide bonds. The van der Waals surface area contributed by atoms with Crippen molar-refractivity contribution in [1.29, 1.82) is 0 Å². The van der Waals surface area contributed by atoms with Crippen molar-refractivity contribution in [2.45, 2.75) is 6.42 Å². The van der Waals surface area contributed by atoms with E-state index in [1.807, 2.05) is 12.1 Å². The third kappa shape index (κ3) is 3.58. The van der Waals surface area contributed by atoms with Crippen molar-refractivity contribution in [2.75, 3.05) is 27.7 Å². The molecule has 19 heavy (non-hydrogen) atoms. The van der Waals surface area contributed by atoms with Gasteiger partial charge in [0, 0.05) is 6.42 Å². The Bertz CT molecular complexity index is 503. The van der Waals surface area contributed by atoms with E-state index in [1.165, 1.54) is 11.3 Å². The van der Waals surface area contributed by atoms with E-state index in [4.69, 9.17) is 4.74 Å². The average Bonchev–Trinajstić information content (AvgIpc) is 2.47. The first-order valence-corrected chi connectivity index (χ1v) is 6.63. The summed E-state index contributed by atoms with van der Waals surface area (Å²) in [6.07, 6.45) is 1.06. The van der Waals surface area contributed by atoms with Gasteiger partial charge in [0.15, 0.2) is 0 Å². The summed E-state index contributed by atoms with van der Waals surface area (Å²) in [5.74, 6) is 0.917. The van der Waals surface area contributed by atoms with Gasteiger partial charge in [-0.15, -0.1) is 0 Å². The van der Waals surface area contributed by atoms with Crippen LogP contribution in [0.4, 0.5) is 5.69 Å². The lowest BCUT2D eigenvalue weighted by Crippen LogP contribution is -2.42. The molecule has 2 heteroatoms. The van der Waals surface area contributed by atoms with Gasteiger partial charge < -0.3 is 4.74 Å². The van der Waals surface area contributed by atoms with Gasteiger partial charge in [0.1, 0.15) is 11.4 Å². The first-order chi connectivity index (χ1) is 9.12. The molecule has 0 atom stereocenters. The van der Waals surface area contributed by atoms with E-state index in [2.05, 4.69) is 56.6 Å². The molecule has 0 aliphatic carbocycles. The first kappa shape index (κ1) is 13.6. The van der Waals surface area contributed by atoms with E-state index in [-0.39, 0.29) is 0 Å². The maximum absolute atomic E-state index is 5.18. The quantitative estimate of drug-likeness (QED) is 0.744. The Labute approximate surface area is 115 Å². The van der Waals surface area contributed by atoms with Crippen molar-refractivity contribution < 1.29 is 4.74 Å². The Kier molecular flexibility index (Phi) is 4.23. The maximum atomic E-state index is 5.18. The molecule has 2 aromatic carbocycles. The lowest BCUT2D eigenvalue weighted by atomic mass is 10.1. The molecule has 0 saturated carbocycles. The molecule has 0 spiro atoms. The van der Waals surface area contributed by atoms with Gasteiger partial charge in [-0.2, -0.15) is 0 Å². The van der Waals surface area contributed by atoms with Gasteiger partial charge >= 0.3 is 0 Å². The fraction of sp³-hybridized carbons (Fsp3) is 0.294. The van der Waals surface area contributed by atoms with Crippen molar-refractivity contribution in [3.8, 4) is 5.75 Å². The summed E-state index contributed by atoms with van der Waals surface area (Å²) < 4.78 is 6.08. The Morgan fingerprint density at radius 1 is 0.895 bits per heavy atom. The maximum Gasteiger partial charge on any atom is 0.132 e. The normalized spacial score (nSPS) is 11.3. The van der Waals surface area contributed by atoms with E-state index in [1.54, 1.807) is 7.11 Å². The number of likely N-dealkylation sites (N-methyl/N-ethyl adjacent to an activating group) is 1. The molecule has 0 N–H and O–H groups in total. The highest BCUT2D eigenvalue weighted by atomic mass is 16.5. The van der Waals surface area contributed by atoms with Gasteiger partial charge in [-0.25, -0.2) is 0 Å². The van der Waals surface area contributed by atoms with Gasteiger partial charge in [-0.3, -0.25) is 4.48 Å². The zero-order valence-electron chi connectivity index (χ0n) is 12.0. The zero-order valence-corrected chi connectivity index (χ0v) is 12.0. The SMILES string of the molecule is COc1ccc(CC[N+](C)(C)c2ccccc2)cc1. The molecule has 0 unspecified atom stereocenters. The standard InChI is InChI=1S/C17H22NO/c1-18(2,16-7-5-4-6-8-16)14-13-15-9-11-17(19-3)12-10-15/h4-12H,13-14H2,1-3H3/q+1. The summed E-state index contributed by atoms with van der Waals surface area (Å²) in [6, 6.07) is 19.0. The molecule has 0 aliphatic rings. The molecule has 0 radical (unpaired) electrons. The molecule has 0 bridgehead atoms. The average molecular weight is 256 g/mol. The number of ether oxygens (including phenoxy) is 1. The summed E-state index contributed by atoms with van der Waals surface area (Å²) in [5, 5.41) is 0. The minimum absolute atomic E-state index is 0.896. The number of methoxy groups -OCH3 is 1. The molecule has 2 aromatic rings. The minimum atomic E-state index is 0.896. The van der Waals surface area contributed by atoms with Crippen molar-refractivity contribution in [1.82, 2.24) is 4.48 Å². The summed E-state index contributed by atoms with van der Waals surface area (Å²) in [4.78, 5) is 0. The van der Waals surface area contributed by atoms with E-state index in [0.717, 1.165) is 23.2 Å². The van der Waals surface area contributed by atoms with Crippen LogP contribution >= 0.6 is 0 Å². The first-order valence-electron chi connectivity index (χ1n) is 6.63. The minimum Gasteiger partial charge on any atom is -0.497 e. The van der Waals surface area contributed by atoms with Crippen LogP contribution in [0.1, 0.15) is 5.56 Å². The topological polar surface area (TPSA) is 9.23 Å². The molecular weight excluding hydrogens is 234 g/mol. The number of benzene rings is 2. The van der Waals surface area contributed by atoms with Gasteiger partial charge in [0.2, 0.25) is 0 Å². The highest BCUT2D eigenvalue weighted by Gasteiger charge is 2.17. The van der Waals surface area contributed by atoms with Crippen molar-refractivity contribution in [3.05, 3.63) is 60.2 Å². The summed E-state index contributed by atoms with van der Waals surface area (Å²) in [6.45, 7) is 1.08. The van der Waals surface area contributed by atoms with Crippen LogP contribution in [-0.2, 0) is 6.42 Å². The van der Waals surface area contributed by atoms with Gasteiger partial charge in [0.25, 0.3) is 0 Å². The monoisotopic (exact) mass is 256 g/mol. The second-order valence-electron chi connectivity index (χ2n) is 5.34. The van der Waals surface area contributed by atoms with Crippen LogP contribution < -0.4 is 9.22 Å². The Morgan fingerprint density at radius 3 is 2.11 bits per heavy atom. The van der Waals surface area contributed by atoms with Crippen LogP contribution in [0, 0.1) is 0 Å². The van der Waals surface area contributed by atoms with E-state index >= 15 is 0 Å². The predicted molar refractivity (Wildman–Crippen MR) is 81.6 cm³/mol. The molecule has 0 fully saturated rings. The fourth-order valence-corrected chi connectivity index (χ4v) is 2.16. The number of para-hydroxylation sites is 1. The number of hydrogen-bond acceptors (Lipinski definition) is 1. The molecule has 0 aliphatic heterocycles. The number of nitrogens with zero attached hydrogens (tertiary/aromatic N) is 1. The molecule has 0 aromatic heterocycles. The summed E-state index contributed by atoms with van der Waals surface area (Å²) in [7, 11) is 6.20.